The molecule has 0 aliphatic heterocycles. The van der Waals surface area contributed by atoms with E-state index in [1.165, 1.54) is 0 Å². The van der Waals surface area contributed by atoms with Crippen LogP contribution >= 0.6 is 0 Å². The highest BCUT2D eigenvalue weighted by Gasteiger charge is 2.07. The largest absolute Gasteiger partial charge is 0.467 e. The maximum absolute atomic E-state index is 8.92. The van der Waals surface area contributed by atoms with E-state index >= 15 is 0 Å². The Balaban J connectivity index is 1.81. The standard InChI is InChI=1S/C18H20N4O2/c23-10-5-9-19-18-21-16(14-6-2-1-3-7-14)12-17(22-18)20-13-15-8-4-11-24-15/h1-4,6-8,11-12,23H,5,9-10,13H2,(H2,19,20,21,22). The molecular weight excluding hydrogens is 304 g/mol. The lowest BCUT2D eigenvalue weighted by atomic mass is 10.1. The minimum Gasteiger partial charge on any atom is -0.467 e. The van der Waals surface area contributed by atoms with Crippen LogP contribution in [0.2, 0.25) is 0 Å². The van der Waals surface area contributed by atoms with Crippen molar-refractivity contribution >= 4 is 11.8 Å². The maximum Gasteiger partial charge on any atom is 0.225 e. The quantitative estimate of drug-likeness (QED) is 0.552. The smallest absolute Gasteiger partial charge is 0.225 e. The summed E-state index contributed by atoms with van der Waals surface area (Å²) < 4.78 is 5.33. The van der Waals surface area contributed by atoms with Gasteiger partial charge in [-0.25, -0.2) is 4.98 Å². The predicted molar refractivity (Wildman–Crippen MR) is 93.7 cm³/mol. The molecule has 0 aliphatic rings. The lowest BCUT2D eigenvalue weighted by Gasteiger charge is -2.10. The molecule has 3 aromatic rings. The van der Waals surface area contributed by atoms with E-state index in [0.29, 0.717) is 31.3 Å². The summed E-state index contributed by atoms with van der Waals surface area (Å²) >= 11 is 0. The van der Waals surface area contributed by atoms with Gasteiger partial charge in [0, 0.05) is 24.8 Å². The van der Waals surface area contributed by atoms with Crippen LogP contribution in [0.25, 0.3) is 11.3 Å². The zero-order chi connectivity index (χ0) is 16.6. The zero-order valence-corrected chi connectivity index (χ0v) is 13.3. The van der Waals surface area contributed by atoms with E-state index in [2.05, 4.69) is 20.6 Å². The summed E-state index contributed by atoms with van der Waals surface area (Å²) in [6.07, 6.45) is 2.29. The summed E-state index contributed by atoms with van der Waals surface area (Å²) in [5, 5.41) is 15.3. The Kier molecular flexibility index (Phi) is 5.42. The Morgan fingerprint density at radius 1 is 1.00 bits per heavy atom. The highest BCUT2D eigenvalue weighted by Crippen LogP contribution is 2.21. The van der Waals surface area contributed by atoms with Gasteiger partial charge in [-0.05, 0) is 18.6 Å². The summed E-state index contributed by atoms with van der Waals surface area (Å²) in [5.41, 5.74) is 1.85. The average Bonchev–Trinajstić information content (AvgIpc) is 3.14. The van der Waals surface area contributed by atoms with Gasteiger partial charge >= 0.3 is 0 Å². The van der Waals surface area contributed by atoms with Gasteiger partial charge in [-0.2, -0.15) is 4.98 Å². The van der Waals surface area contributed by atoms with E-state index < -0.39 is 0 Å². The van der Waals surface area contributed by atoms with E-state index in [1.54, 1.807) is 6.26 Å². The van der Waals surface area contributed by atoms with E-state index in [1.807, 2.05) is 48.5 Å². The number of hydrogen-bond acceptors (Lipinski definition) is 6. The van der Waals surface area contributed by atoms with Gasteiger partial charge in [-0.1, -0.05) is 30.3 Å². The molecule has 6 heteroatoms. The third-order valence-corrected chi connectivity index (χ3v) is 3.44. The minimum absolute atomic E-state index is 0.134. The molecule has 2 aromatic heterocycles. The molecule has 3 rings (SSSR count). The third kappa shape index (κ3) is 4.33. The van der Waals surface area contributed by atoms with E-state index in [0.717, 1.165) is 17.0 Å². The number of nitrogens with one attached hydrogen (secondary N) is 2. The molecule has 0 saturated carbocycles. The first kappa shape index (κ1) is 16.0. The molecule has 24 heavy (non-hydrogen) atoms. The van der Waals surface area contributed by atoms with Crippen molar-refractivity contribution in [1.82, 2.24) is 9.97 Å². The first-order valence-electron chi connectivity index (χ1n) is 7.90. The molecule has 0 unspecified atom stereocenters. The van der Waals surface area contributed by atoms with Crippen LogP contribution in [0.1, 0.15) is 12.2 Å². The number of benzene rings is 1. The Morgan fingerprint density at radius 2 is 1.88 bits per heavy atom. The number of furan rings is 1. The first-order chi connectivity index (χ1) is 11.8. The van der Waals surface area contributed by atoms with Gasteiger partial charge in [0.15, 0.2) is 0 Å². The topological polar surface area (TPSA) is 83.2 Å². The fraction of sp³-hybridized carbons (Fsp3) is 0.222. The second-order valence-corrected chi connectivity index (χ2v) is 5.26. The Bertz CT molecular complexity index is 745. The molecule has 3 N–H and O–H groups in total. The summed E-state index contributed by atoms with van der Waals surface area (Å²) in [5.74, 6) is 2.09. The molecule has 0 atom stereocenters. The molecular formula is C18H20N4O2. The van der Waals surface area contributed by atoms with Gasteiger partial charge in [0.05, 0.1) is 18.5 Å². The molecule has 0 aliphatic carbocycles. The molecule has 0 saturated heterocycles. The first-order valence-corrected chi connectivity index (χ1v) is 7.90. The van der Waals surface area contributed by atoms with Crippen molar-refractivity contribution in [1.29, 1.82) is 0 Å². The third-order valence-electron chi connectivity index (χ3n) is 3.44. The van der Waals surface area contributed by atoms with Gasteiger partial charge in [-0.3, -0.25) is 0 Å². The summed E-state index contributed by atoms with van der Waals surface area (Å²) in [7, 11) is 0. The van der Waals surface area contributed by atoms with Gasteiger partial charge in [-0.15, -0.1) is 0 Å². The second-order valence-electron chi connectivity index (χ2n) is 5.26. The molecule has 0 radical (unpaired) electrons. The van der Waals surface area contributed by atoms with Crippen LogP contribution in [0.3, 0.4) is 0 Å². The number of aliphatic hydroxyl groups is 1. The fourth-order valence-electron chi connectivity index (χ4n) is 2.24. The van der Waals surface area contributed by atoms with Gasteiger partial charge in [0.25, 0.3) is 0 Å². The highest BCUT2D eigenvalue weighted by molar-refractivity contribution is 5.64. The zero-order valence-electron chi connectivity index (χ0n) is 13.3. The van der Waals surface area contributed by atoms with Crippen LogP contribution in [0.4, 0.5) is 11.8 Å². The predicted octanol–water partition coefficient (Wildman–Crippen LogP) is 3.14. The Hall–Kier alpha value is -2.86. The molecule has 1 aromatic carbocycles. The number of aliphatic hydroxyl groups excluding tert-OH is 1. The van der Waals surface area contributed by atoms with Crippen molar-refractivity contribution in [3.63, 3.8) is 0 Å². The Morgan fingerprint density at radius 3 is 2.62 bits per heavy atom. The average molecular weight is 324 g/mol. The normalized spacial score (nSPS) is 10.5. The van der Waals surface area contributed by atoms with Crippen LogP contribution < -0.4 is 10.6 Å². The van der Waals surface area contributed by atoms with Gasteiger partial charge in [0.1, 0.15) is 11.6 Å². The lowest BCUT2D eigenvalue weighted by Crippen LogP contribution is -2.09. The van der Waals surface area contributed by atoms with E-state index in [9.17, 15) is 0 Å². The molecule has 0 spiro atoms. The van der Waals surface area contributed by atoms with Crippen molar-refractivity contribution in [2.75, 3.05) is 23.8 Å². The summed E-state index contributed by atoms with van der Waals surface area (Å²) in [6, 6.07) is 15.6. The number of aromatic nitrogens is 2. The van der Waals surface area contributed by atoms with Gasteiger partial charge in [0.2, 0.25) is 5.95 Å². The fourth-order valence-corrected chi connectivity index (χ4v) is 2.24. The van der Waals surface area contributed by atoms with Crippen LogP contribution in [0, 0.1) is 0 Å². The van der Waals surface area contributed by atoms with Crippen LogP contribution in [0.5, 0.6) is 0 Å². The monoisotopic (exact) mass is 324 g/mol. The summed E-state index contributed by atoms with van der Waals surface area (Å²) in [4.78, 5) is 9.03. The van der Waals surface area contributed by atoms with Crippen LogP contribution in [-0.2, 0) is 6.54 Å². The van der Waals surface area contributed by atoms with Crippen LogP contribution in [-0.4, -0.2) is 28.2 Å². The Labute approximate surface area is 140 Å². The maximum atomic E-state index is 8.92. The van der Waals surface area contributed by atoms with Crippen molar-refractivity contribution in [3.8, 4) is 11.3 Å². The van der Waals surface area contributed by atoms with Crippen molar-refractivity contribution in [2.24, 2.45) is 0 Å². The van der Waals surface area contributed by atoms with E-state index in [4.69, 9.17) is 9.52 Å². The SMILES string of the molecule is OCCCNc1nc(NCc2ccco2)cc(-c2ccccc2)n1. The molecule has 0 bridgehead atoms. The molecule has 0 fully saturated rings. The molecule has 2 heterocycles. The molecule has 0 amide bonds. The lowest BCUT2D eigenvalue weighted by molar-refractivity contribution is 0.292. The highest BCUT2D eigenvalue weighted by atomic mass is 16.3. The van der Waals surface area contributed by atoms with Crippen molar-refractivity contribution in [2.45, 2.75) is 13.0 Å². The number of nitrogens with zero attached hydrogens (tertiary/aromatic N) is 2. The number of hydrogen-bond donors (Lipinski definition) is 3. The van der Waals surface area contributed by atoms with Crippen LogP contribution in [0.15, 0.2) is 59.2 Å². The second kappa shape index (κ2) is 8.12. The minimum atomic E-state index is 0.134. The van der Waals surface area contributed by atoms with Gasteiger partial charge < -0.3 is 20.2 Å². The number of anilines is 2. The summed E-state index contributed by atoms with van der Waals surface area (Å²) in [6.45, 7) is 1.30. The molecule has 124 valence electrons. The number of rotatable bonds is 8. The van der Waals surface area contributed by atoms with Crippen molar-refractivity contribution in [3.05, 3.63) is 60.6 Å². The van der Waals surface area contributed by atoms with E-state index in [-0.39, 0.29) is 6.61 Å². The molecule has 6 nitrogen and oxygen atoms in total. The van der Waals surface area contributed by atoms with Crippen molar-refractivity contribution < 1.29 is 9.52 Å².